The Morgan fingerprint density at radius 3 is 2.89 bits per heavy atom. The molecule has 18 heavy (non-hydrogen) atoms. The number of rotatable bonds is 8. The minimum absolute atomic E-state index is 0.0996. The van der Waals surface area contributed by atoms with Crippen LogP contribution in [0.3, 0.4) is 0 Å². The quantitative estimate of drug-likeness (QED) is 0.724. The van der Waals surface area contributed by atoms with Crippen molar-refractivity contribution in [3.63, 3.8) is 0 Å². The van der Waals surface area contributed by atoms with Crippen molar-refractivity contribution in [1.29, 1.82) is 0 Å². The molecule has 5 nitrogen and oxygen atoms in total. The van der Waals surface area contributed by atoms with E-state index in [1.54, 1.807) is 11.8 Å². The van der Waals surface area contributed by atoms with Gasteiger partial charge in [-0.2, -0.15) is 5.10 Å². The number of hydrogen-bond acceptors (Lipinski definition) is 4. The van der Waals surface area contributed by atoms with E-state index in [2.05, 4.69) is 10.4 Å². The summed E-state index contributed by atoms with van der Waals surface area (Å²) < 4.78 is 6.67. The fourth-order valence-electron chi connectivity index (χ4n) is 1.69. The van der Waals surface area contributed by atoms with E-state index in [-0.39, 0.29) is 5.78 Å². The first-order valence-electron chi connectivity index (χ1n) is 6.03. The van der Waals surface area contributed by atoms with Gasteiger partial charge < -0.3 is 10.1 Å². The minimum atomic E-state index is 0.0996. The molecule has 0 fully saturated rings. The number of halogens is 1. The van der Waals surface area contributed by atoms with E-state index >= 15 is 0 Å². The molecule has 0 amide bonds. The van der Waals surface area contributed by atoms with Crippen molar-refractivity contribution in [2.75, 3.05) is 26.8 Å². The molecular weight excluding hydrogens is 254 g/mol. The highest BCUT2D eigenvalue weighted by Gasteiger charge is 2.15. The van der Waals surface area contributed by atoms with Crippen LogP contribution >= 0.6 is 11.6 Å². The number of Topliss-reactive ketones (excluding diaryl/α,β-unsaturated/α-hetero) is 1. The Bertz CT molecular complexity index is 404. The third-order valence-electron chi connectivity index (χ3n) is 2.62. The Balaban J connectivity index is 2.53. The van der Waals surface area contributed by atoms with Gasteiger partial charge in [0.25, 0.3) is 0 Å². The lowest BCUT2D eigenvalue weighted by molar-refractivity contribution is -0.117. The third kappa shape index (κ3) is 4.08. The number of ketones is 1. The van der Waals surface area contributed by atoms with Crippen LogP contribution < -0.4 is 5.32 Å². The Labute approximate surface area is 112 Å². The first-order valence-corrected chi connectivity index (χ1v) is 6.41. The average molecular weight is 274 g/mol. The van der Waals surface area contributed by atoms with Crippen LogP contribution in [0.5, 0.6) is 0 Å². The van der Waals surface area contributed by atoms with E-state index in [1.807, 2.05) is 13.8 Å². The molecule has 1 aromatic heterocycles. The van der Waals surface area contributed by atoms with Crippen molar-refractivity contribution >= 4 is 17.4 Å². The molecule has 1 aromatic rings. The summed E-state index contributed by atoms with van der Waals surface area (Å²) in [7, 11) is 1.63. The maximum atomic E-state index is 11.8. The number of aromatic nitrogens is 2. The van der Waals surface area contributed by atoms with E-state index in [0.29, 0.717) is 37.7 Å². The van der Waals surface area contributed by atoms with Crippen LogP contribution in [0.1, 0.15) is 18.3 Å². The van der Waals surface area contributed by atoms with Crippen LogP contribution in [0.4, 0.5) is 0 Å². The van der Waals surface area contributed by atoms with E-state index in [4.69, 9.17) is 16.3 Å². The van der Waals surface area contributed by atoms with Crippen molar-refractivity contribution < 1.29 is 9.53 Å². The second-order valence-corrected chi connectivity index (χ2v) is 4.42. The zero-order valence-electron chi connectivity index (χ0n) is 11.1. The largest absolute Gasteiger partial charge is 0.383 e. The first-order chi connectivity index (χ1) is 8.60. The normalized spacial score (nSPS) is 10.9. The molecule has 0 bridgehead atoms. The van der Waals surface area contributed by atoms with Crippen molar-refractivity contribution in [2.45, 2.75) is 26.8 Å². The number of nitrogens with zero attached hydrogens (tertiary/aromatic N) is 2. The molecule has 102 valence electrons. The standard InChI is InChI=1S/C12H20ClN3O2/c1-4-16-11(12(13)9(2)15-16)7-10(17)8-14-5-6-18-3/h14H,4-8H2,1-3H3. The molecule has 0 aliphatic heterocycles. The zero-order valence-corrected chi connectivity index (χ0v) is 11.9. The van der Waals surface area contributed by atoms with Gasteiger partial charge >= 0.3 is 0 Å². The van der Waals surface area contributed by atoms with Gasteiger partial charge in [-0.3, -0.25) is 9.48 Å². The molecule has 0 aliphatic carbocycles. The maximum Gasteiger partial charge on any atom is 0.152 e. The van der Waals surface area contributed by atoms with E-state index in [0.717, 1.165) is 11.4 Å². The predicted octanol–water partition coefficient (Wildman–Crippen LogP) is 1.21. The van der Waals surface area contributed by atoms with E-state index < -0.39 is 0 Å². The topological polar surface area (TPSA) is 56.2 Å². The summed E-state index contributed by atoms with van der Waals surface area (Å²) in [5.74, 6) is 0.0996. The van der Waals surface area contributed by atoms with Crippen LogP contribution in [0.2, 0.25) is 5.02 Å². The van der Waals surface area contributed by atoms with Gasteiger partial charge in [0.15, 0.2) is 5.78 Å². The highest BCUT2D eigenvalue weighted by Crippen LogP contribution is 2.20. The Hall–Kier alpha value is -0.910. The second-order valence-electron chi connectivity index (χ2n) is 4.05. The van der Waals surface area contributed by atoms with Crippen molar-refractivity contribution in [1.82, 2.24) is 15.1 Å². The maximum absolute atomic E-state index is 11.8. The molecule has 0 unspecified atom stereocenters. The number of nitrogens with one attached hydrogen (secondary N) is 1. The smallest absolute Gasteiger partial charge is 0.152 e. The van der Waals surface area contributed by atoms with Gasteiger partial charge in [-0.15, -0.1) is 0 Å². The second kappa shape index (κ2) is 7.51. The number of hydrogen-bond donors (Lipinski definition) is 1. The van der Waals surface area contributed by atoms with Gasteiger partial charge in [0, 0.05) is 20.2 Å². The van der Waals surface area contributed by atoms with Gasteiger partial charge in [0.1, 0.15) is 0 Å². The lowest BCUT2D eigenvalue weighted by atomic mass is 10.2. The van der Waals surface area contributed by atoms with E-state index in [1.165, 1.54) is 0 Å². The molecule has 6 heteroatoms. The van der Waals surface area contributed by atoms with Gasteiger partial charge in [-0.25, -0.2) is 0 Å². The summed E-state index contributed by atoms with van der Waals surface area (Å²) in [6, 6.07) is 0. The molecule has 0 atom stereocenters. The number of aryl methyl sites for hydroxylation is 2. The van der Waals surface area contributed by atoms with Gasteiger partial charge in [-0.1, -0.05) is 11.6 Å². The molecule has 0 saturated carbocycles. The molecule has 1 heterocycles. The van der Waals surface area contributed by atoms with Crippen LogP contribution in [0.25, 0.3) is 0 Å². The fourth-order valence-corrected chi connectivity index (χ4v) is 1.89. The van der Waals surface area contributed by atoms with Gasteiger partial charge in [0.05, 0.1) is 36.0 Å². The summed E-state index contributed by atoms with van der Waals surface area (Å²) in [5.41, 5.74) is 1.57. The van der Waals surface area contributed by atoms with Gasteiger partial charge in [-0.05, 0) is 13.8 Å². The molecule has 0 aliphatic rings. The molecule has 0 saturated heterocycles. The summed E-state index contributed by atoms with van der Waals surface area (Å²) in [6.45, 7) is 6.13. The summed E-state index contributed by atoms with van der Waals surface area (Å²) in [4.78, 5) is 11.8. The monoisotopic (exact) mass is 273 g/mol. The lowest BCUT2D eigenvalue weighted by Crippen LogP contribution is -2.27. The summed E-state index contributed by atoms with van der Waals surface area (Å²) in [6.07, 6.45) is 0.313. The lowest BCUT2D eigenvalue weighted by Gasteiger charge is -2.06. The van der Waals surface area contributed by atoms with Gasteiger partial charge in [0.2, 0.25) is 0 Å². The number of carbonyl (C=O) groups is 1. The highest BCUT2D eigenvalue weighted by molar-refractivity contribution is 6.32. The van der Waals surface area contributed by atoms with Crippen molar-refractivity contribution in [2.24, 2.45) is 0 Å². The number of methoxy groups -OCH3 is 1. The number of ether oxygens (including phenoxy) is 1. The molecule has 1 N–H and O–H groups in total. The van der Waals surface area contributed by atoms with Crippen molar-refractivity contribution in [3.05, 3.63) is 16.4 Å². The molecule has 0 aromatic carbocycles. The minimum Gasteiger partial charge on any atom is -0.383 e. The van der Waals surface area contributed by atoms with Crippen molar-refractivity contribution in [3.8, 4) is 0 Å². The van der Waals surface area contributed by atoms with Crippen LogP contribution in [-0.4, -0.2) is 42.4 Å². The fraction of sp³-hybridized carbons (Fsp3) is 0.667. The summed E-state index contributed by atoms with van der Waals surface area (Å²) >= 11 is 6.14. The highest BCUT2D eigenvalue weighted by atomic mass is 35.5. The molecule has 0 radical (unpaired) electrons. The summed E-state index contributed by atoms with van der Waals surface area (Å²) in [5, 5.41) is 7.91. The molecular formula is C12H20ClN3O2. The Morgan fingerprint density at radius 1 is 1.56 bits per heavy atom. The molecule has 0 spiro atoms. The molecule has 1 rings (SSSR count). The average Bonchev–Trinajstić information content (AvgIpc) is 2.62. The predicted molar refractivity (Wildman–Crippen MR) is 71.1 cm³/mol. The van der Waals surface area contributed by atoms with Crippen LogP contribution in [0, 0.1) is 6.92 Å². The SMILES string of the molecule is CCn1nc(C)c(Cl)c1CC(=O)CNCCOC. The zero-order chi connectivity index (χ0) is 13.5. The third-order valence-corrected chi connectivity index (χ3v) is 3.11. The number of carbonyl (C=O) groups excluding carboxylic acids is 1. The Kier molecular flexibility index (Phi) is 6.32. The Morgan fingerprint density at radius 2 is 2.28 bits per heavy atom. The van der Waals surface area contributed by atoms with E-state index in [9.17, 15) is 4.79 Å². The first kappa shape index (κ1) is 15.1. The van der Waals surface area contributed by atoms with Crippen LogP contribution in [-0.2, 0) is 22.5 Å². The van der Waals surface area contributed by atoms with Crippen LogP contribution in [0.15, 0.2) is 0 Å².